The van der Waals surface area contributed by atoms with E-state index in [1.807, 2.05) is 19.1 Å². The van der Waals surface area contributed by atoms with Crippen molar-refractivity contribution in [2.75, 3.05) is 30.9 Å². The van der Waals surface area contributed by atoms with Crippen LogP contribution in [0.25, 0.3) is 0 Å². The van der Waals surface area contributed by atoms with Crippen LogP contribution in [0.5, 0.6) is 0 Å². The van der Waals surface area contributed by atoms with E-state index in [1.165, 1.54) is 36.3 Å². The van der Waals surface area contributed by atoms with Crippen molar-refractivity contribution in [1.29, 1.82) is 0 Å². The number of carbonyl (C=O) groups excluding carboxylic acids is 3. The summed E-state index contributed by atoms with van der Waals surface area (Å²) in [7, 11) is 1.50. The molecule has 9 nitrogen and oxygen atoms in total. The zero-order chi connectivity index (χ0) is 25.7. The van der Waals surface area contributed by atoms with Crippen LogP contribution in [-0.4, -0.2) is 42.4 Å². The molecule has 3 aromatic rings. The Hall–Kier alpha value is -3.83. The third kappa shape index (κ3) is 5.64. The number of benzene rings is 2. The van der Waals surface area contributed by atoms with Gasteiger partial charge < -0.3 is 21.5 Å². The fourth-order valence-electron chi connectivity index (χ4n) is 3.52. The number of hydrogen-bond acceptors (Lipinski definition) is 7. The Balaban J connectivity index is 2.23. The molecule has 0 spiro atoms. The second-order valence-corrected chi connectivity index (χ2v) is 8.61. The number of nitrogens with zero attached hydrogens (tertiary/aromatic N) is 2. The largest absolute Gasteiger partial charge is 0.395 e. The van der Waals surface area contributed by atoms with Gasteiger partial charge >= 0.3 is 0 Å². The molecule has 11 heteroatoms. The summed E-state index contributed by atoms with van der Waals surface area (Å²) in [5, 5.41) is 2.76. The van der Waals surface area contributed by atoms with Gasteiger partial charge in [-0.05, 0) is 60.3 Å². The number of hydrogen-bond donors (Lipinski definition) is 3. The van der Waals surface area contributed by atoms with Gasteiger partial charge in [-0.3, -0.25) is 19.3 Å². The van der Waals surface area contributed by atoms with E-state index < -0.39 is 29.6 Å². The van der Waals surface area contributed by atoms with Crippen molar-refractivity contribution in [2.24, 2.45) is 5.73 Å². The summed E-state index contributed by atoms with van der Waals surface area (Å²) in [5.41, 5.74) is 13.4. The van der Waals surface area contributed by atoms with Gasteiger partial charge in [0, 0.05) is 19.3 Å². The first-order valence-electron chi connectivity index (χ1n) is 10.6. The number of nitrogens with two attached hydrogens (primary N) is 2. The van der Waals surface area contributed by atoms with Crippen molar-refractivity contribution < 1.29 is 23.5 Å². The smallest absolute Gasteiger partial charge is 0.273 e. The maximum absolute atomic E-state index is 14.0. The Kier molecular flexibility index (Phi) is 8.15. The predicted octanol–water partition coefficient (Wildman–Crippen LogP) is 2.73. The zero-order valence-electron chi connectivity index (χ0n) is 19.5. The van der Waals surface area contributed by atoms with Gasteiger partial charge in [0.1, 0.15) is 16.7 Å². The van der Waals surface area contributed by atoms with Crippen LogP contribution in [0.1, 0.15) is 42.9 Å². The Morgan fingerprint density at radius 1 is 1.17 bits per heavy atom. The van der Waals surface area contributed by atoms with E-state index in [0.29, 0.717) is 28.3 Å². The summed E-state index contributed by atoms with van der Waals surface area (Å²) >= 11 is 0.715. The average molecular weight is 500 g/mol. The van der Waals surface area contributed by atoms with Gasteiger partial charge in [0.05, 0.1) is 12.3 Å². The number of methoxy groups -OCH3 is 1. The molecule has 5 N–H and O–H groups in total. The number of rotatable bonds is 9. The quantitative estimate of drug-likeness (QED) is 0.387. The third-order valence-corrected chi connectivity index (χ3v) is 6.15. The highest BCUT2D eigenvalue weighted by Crippen LogP contribution is 2.35. The SMILES string of the molecule is COCCNC(=O)[C@@H](c1ccc(F)cc1)N(C(=O)c1snc(C(N)=O)c1N)c1cc(C)ccc1C. The number of ether oxygens (including phenoxy) is 1. The first-order valence-corrected chi connectivity index (χ1v) is 11.4. The molecule has 1 atom stereocenters. The lowest BCUT2D eigenvalue weighted by Crippen LogP contribution is -2.45. The highest BCUT2D eigenvalue weighted by molar-refractivity contribution is 7.09. The second kappa shape index (κ2) is 11.1. The summed E-state index contributed by atoms with van der Waals surface area (Å²) in [6, 6.07) is 9.56. The molecule has 0 radical (unpaired) electrons. The minimum Gasteiger partial charge on any atom is -0.395 e. The van der Waals surface area contributed by atoms with Crippen LogP contribution < -0.4 is 21.7 Å². The number of primary amides is 1. The standard InChI is InChI=1S/C24H26FN5O4S/c1-13-4-5-14(2)17(12-13)30(24(33)21-18(26)19(22(27)31)29-35-21)20(23(32)28-10-11-34-3)15-6-8-16(25)9-7-15/h4-9,12,20H,10-11,26H2,1-3H3,(H2,27,31)(H,28,32)/t20-/m1/s1. The molecule has 0 saturated carbocycles. The number of carbonyl (C=O) groups is 3. The van der Waals surface area contributed by atoms with Gasteiger partial charge in [0.2, 0.25) is 5.91 Å². The molecule has 0 bridgehead atoms. The van der Waals surface area contributed by atoms with Crippen LogP contribution in [0, 0.1) is 19.7 Å². The highest BCUT2D eigenvalue weighted by atomic mass is 32.1. The van der Waals surface area contributed by atoms with Crippen molar-refractivity contribution in [3.8, 4) is 0 Å². The number of halogens is 1. The van der Waals surface area contributed by atoms with E-state index in [2.05, 4.69) is 9.69 Å². The Bertz CT molecular complexity index is 1250. The molecule has 2 aromatic carbocycles. The normalized spacial score (nSPS) is 11.7. The predicted molar refractivity (Wildman–Crippen MR) is 132 cm³/mol. The van der Waals surface area contributed by atoms with E-state index in [0.717, 1.165) is 5.56 Å². The van der Waals surface area contributed by atoms with Gasteiger partial charge in [-0.15, -0.1) is 0 Å². The molecule has 0 saturated heterocycles. The molecule has 0 unspecified atom stereocenters. The van der Waals surface area contributed by atoms with Crippen molar-refractivity contribution >= 4 is 40.6 Å². The molecule has 0 aliphatic rings. The summed E-state index contributed by atoms with van der Waals surface area (Å²) in [6.07, 6.45) is 0. The lowest BCUT2D eigenvalue weighted by Gasteiger charge is -2.32. The summed E-state index contributed by atoms with van der Waals surface area (Å²) in [5.74, 6) is -2.53. The first kappa shape index (κ1) is 25.8. The Morgan fingerprint density at radius 2 is 1.86 bits per heavy atom. The maximum atomic E-state index is 14.0. The number of anilines is 2. The van der Waals surface area contributed by atoms with Gasteiger partial charge in [0.25, 0.3) is 11.8 Å². The molecule has 3 amide bonds. The average Bonchev–Trinajstić information content (AvgIpc) is 3.21. The molecule has 0 aliphatic carbocycles. The van der Waals surface area contributed by atoms with E-state index in [1.54, 1.807) is 13.0 Å². The molecule has 1 heterocycles. The second-order valence-electron chi connectivity index (χ2n) is 7.84. The van der Waals surface area contributed by atoms with Crippen molar-refractivity contribution in [3.05, 3.63) is 75.5 Å². The third-order valence-electron chi connectivity index (χ3n) is 5.30. The fraction of sp³-hybridized carbons (Fsp3) is 0.250. The van der Waals surface area contributed by atoms with Crippen LogP contribution in [-0.2, 0) is 9.53 Å². The monoisotopic (exact) mass is 499 g/mol. The topological polar surface area (TPSA) is 141 Å². The summed E-state index contributed by atoms with van der Waals surface area (Å²) in [4.78, 5) is 40.4. The van der Waals surface area contributed by atoms with Crippen molar-refractivity contribution in [1.82, 2.24) is 9.69 Å². The lowest BCUT2D eigenvalue weighted by molar-refractivity contribution is -0.122. The van der Waals surface area contributed by atoms with Gasteiger partial charge in [-0.2, -0.15) is 4.37 Å². The van der Waals surface area contributed by atoms with Crippen molar-refractivity contribution in [2.45, 2.75) is 19.9 Å². The lowest BCUT2D eigenvalue weighted by atomic mass is 10.0. The van der Waals surface area contributed by atoms with E-state index in [9.17, 15) is 18.8 Å². The molecule has 35 heavy (non-hydrogen) atoms. The molecule has 1 aromatic heterocycles. The van der Waals surface area contributed by atoms with Crippen LogP contribution in [0.4, 0.5) is 15.8 Å². The van der Waals surface area contributed by atoms with E-state index in [4.69, 9.17) is 16.2 Å². The Labute approximate surface area is 206 Å². The number of aromatic nitrogens is 1. The number of aryl methyl sites for hydroxylation is 2. The maximum Gasteiger partial charge on any atom is 0.273 e. The number of nitrogen functional groups attached to an aromatic ring is 1. The minimum atomic E-state index is -1.20. The van der Waals surface area contributed by atoms with E-state index in [-0.39, 0.29) is 29.4 Å². The summed E-state index contributed by atoms with van der Waals surface area (Å²) in [6.45, 7) is 4.09. The molecule has 3 rings (SSSR count). The Morgan fingerprint density at radius 3 is 2.46 bits per heavy atom. The zero-order valence-corrected chi connectivity index (χ0v) is 20.3. The first-order chi connectivity index (χ1) is 16.6. The highest BCUT2D eigenvalue weighted by Gasteiger charge is 2.36. The van der Waals surface area contributed by atoms with Gasteiger partial charge in [-0.1, -0.05) is 24.3 Å². The van der Waals surface area contributed by atoms with Gasteiger partial charge in [-0.25, -0.2) is 4.39 Å². The van der Waals surface area contributed by atoms with Crippen LogP contribution in [0.2, 0.25) is 0 Å². The molecular weight excluding hydrogens is 473 g/mol. The fourth-order valence-corrected chi connectivity index (χ4v) is 4.26. The molecule has 0 aliphatic heterocycles. The van der Waals surface area contributed by atoms with Crippen molar-refractivity contribution in [3.63, 3.8) is 0 Å². The van der Waals surface area contributed by atoms with Crippen LogP contribution >= 0.6 is 11.5 Å². The van der Waals surface area contributed by atoms with Crippen LogP contribution in [0.3, 0.4) is 0 Å². The molecule has 0 fully saturated rings. The number of nitrogens with one attached hydrogen (secondary N) is 1. The minimum absolute atomic E-state index is 0.0449. The molecular formula is C24H26FN5O4S. The van der Waals surface area contributed by atoms with E-state index >= 15 is 0 Å². The number of amides is 3. The van der Waals surface area contributed by atoms with Crippen LogP contribution in [0.15, 0.2) is 42.5 Å². The molecule has 184 valence electrons. The summed E-state index contributed by atoms with van der Waals surface area (Å²) < 4.78 is 22.7. The van der Waals surface area contributed by atoms with Gasteiger partial charge in [0.15, 0.2) is 5.69 Å².